The summed E-state index contributed by atoms with van der Waals surface area (Å²) in [7, 11) is 1.36. The molecule has 0 fully saturated rings. The lowest BCUT2D eigenvalue weighted by atomic mass is 9.93. The highest BCUT2D eigenvalue weighted by molar-refractivity contribution is 6.06. The van der Waals surface area contributed by atoms with Crippen LogP contribution in [0.25, 0.3) is 0 Å². The molecule has 0 saturated heterocycles. The van der Waals surface area contributed by atoms with Crippen LogP contribution in [-0.2, 0) is 11.2 Å². The smallest absolute Gasteiger partial charge is 0.339 e. The average molecular weight is 418 g/mol. The fourth-order valence-corrected chi connectivity index (χ4v) is 3.48. The van der Waals surface area contributed by atoms with Crippen LogP contribution in [0, 0.1) is 10.1 Å². The number of methoxy groups -OCH3 is 1. The standard InChI is InChI=1S/C23H18N2O6/c1-30-21-13-17(25(28)29)8-10-19(21)24-22(26)15-7-9-18-16(11-15)12-20(31-23(18)27)14-5-3-2-4-6-14/h2-11,13,20H,12H2,1H3,(H,24,26)/t20-/m1/s1. The number of esters is 1. The number of rotatable bonds is 5. The first-order valence-corrected chi connectivity index (χ1v) is 9.49. The van der Waals surface area contributed by atoms with E-state index in [-0.39, 0.29) is 11.4 Å². The van der Waals surface area contributed by atoms with Crippen LogP contribution < -0.4 is 10.1 Å². The Hall–Kier alpha value is -4.20. The van der Waals surface area contributed by atoms with Gasteiger partial charge in [-0.1, -0.05) is 30.3 Å². The number of nitro groups is 1. The number of nitrogens with zero attached hydrogens (tertiary/aromatic N) is 1. The van der Waals surface area contributed by atoms with E-state index in [1.807, 2.05) is 30.3 Å². The number of hydrogen-bond donors (Lipinski definition) is 1. The van der Waals surface area contributed by atoms with E-state index in [0.717, 1.165) is 5.56 Å². The van der Waals surface area contributed by atoms with E-state index in [1.54, 1.807) is 12.1 Å². The van der Waals surface area contributed by atoms with Gasteiger partial charge in [-0.25, -0.2) is 4.79 Å². The second kappa shape index (κ2) is 8.27. The van der Waals surface area contributed by atoms with Crippen LogP contribution in [0.4, 0.5) is 11.4 Å². The largest absolute Gasteiger partial charge is 0.494 e. The Morgan fingerprint density at radius 3 is 2.61 bits per heavy atom. The minimum atomic E-state index is -0.542. The fourth-order valence-electron chi connectivity index (χ4n) is 3.48. The van der Waals surface area contributed by atoms with E-state index in [1.165, 1.54) is 31.4 Å². The summed E-state index contributed by atoms with van der Waals surface area (Å²) < 4.78 is 10.7. The number of carbonyl (C=O) groups excluding carboxylic acids is 2. The van der Waals surface area contributed by atoms with Crippen LogP contribution in [0.15, 0.2) is 66.7 Å². The summed E-state index contributed by atoms with van der Waals surface area (Å²) in [5.41, 5.74) is 2.53. The number of hydrogen-bond acceptors (Lipinski definition) is 6. The van der Waals surface area contributed by atoms with Crippen molar-refractivity contribution >= 4 is 23.3 Å². The van der Waals surface area contributed by atoms with Gasteiger partial charge in [0.1, 0.15) is 11.9 Å². The third-order valence-corrected chi connectivity index (χ3v) is 5.06. The molecule has 3 aromatic rings. The van der Waals surface area contributed by atoms with E-state index < -0.39 is 22.9 Å². The third-order valence-electron chi connectivity index (χ3n) is 5.06. The summed E-state index contributed by atoms with van der Waals surface area (Å²) in [5, 5.41) is 13.6. The van der Waals surface area contributed by atoms with Gasteiger partial charge in [0.15, 0.2) is 0 Å². The van der Waals surface area contributed by atoms with Gasteiger partial charge < -0.3 is 14.8 Å². The molecule has 156 valence electrons. The first-order chi connectivity index (χ1) is 15.0. The van der Waals surface area contributed by atoms with Crippen molar-refractivity contribution in [2.24, 2.45) is 0 Å². The van der Waals surface area contributed by atoms with E-state index in [4.69, 9.17) is 9.47 Å². The highest BCUT2D eigenvalue weighted by atomic mass is 16.6. The van der Waals surface area contributed by atoms with Crippen molar-refractivity contribution in [3.05, 3.63) is 99.1 Å². The molecule has 31 heavy (non-hydrogen) atoms. The zero-order valence-corrected chi connectivity index (χ0v) is 16.5. The van der Waals surface area contributed by atoms with Crippen LogP contribution in [0.2, 0.25) is 0 Å². The summed E-state index contributed by atoms with van der Waals surface area (Å²) in [6.07, 6.45) is 0.0295. The van der Waals surface area contributed by atoms with Crippen LogP contribution in [0.3, 0.4) is 0 Å². The first-order valence-electron chi connectivity index (χ1n) is 9.49. The molecule has 0 spiro atoms. The number of non-ortho nitro benzene ring substituents is 1. The summed E-state index contributed by atoms with van der Waals surface area (Å²) >= 11 is 0. The first kappa shape index (κ1) is 20.1. The maximum absolute atomic E-state index is 12.8. The van der Waals surface area contributed by atoms with Crippen molar-refractivity contribution in [2.45, 2.75) is 12.5 Å². The molecule has 8 nitrogen and oxygen atoms in total. The molecule has 4 rings (SSSR count). The van der Waals surface area contributed by atoms with Crippen molar-refractivity contribution < 1.29 is 24.0 Å². The molecular formula is C23H18N2O6. The molecule has 0 bridgehead atoms. The molecule has 1 aliphatic heterocycles. The Labute approximate surface area is 177 Å². The lowest BCUT2D eigenvalue weighted by Crippen LogP contribution is -2.23. The summed E-state index contributed by atoms with van der Waals surface area (Å²) in [6, 6.07) is 18.1. The maximum Gasteiger partial charge on any atom is 0.339 e. The molecule has 1 aliphatic rings. The van der Waals surface area contributed by atoms with Crippen molar-refractivity contribution in [1.82, 2.24) is 0 Å². The number of carbonyl (C=O) groups is 2. The topological polar surface area (TPSA) is 108 Å². The minimum Gasteiger partial charge on any atom is -0.494 e. The molecule has 1 atom stereocenters. The van der Waals surface area contributed by atoms with Crippen LogP contribution >= 0.6 is 0 Å². The number of anilines is 1. The fraction of sp³-hybridized carbons (Fsp3) is 0.130. The zero-order valence-electron chi connectivity index (χ0n) is 16.5. The van der Waals surface area contributed by atoms with Gasteiger partial charge in [0.05, 0.1) is 29.4 Å². The Bertz CT molecular complexity index is 1180. The summed E-state index contributed by atoms with van der Waals surface area (Å²) in [5.74, 6) is -0.683. The molecule has 0 aromatic heterocycles. The van der Waals surface area contributed by atoms with E-state index in [2.05, 4.69) is 5.32 Å². The minimum absolute atomic E-state index is 0.144. The highest BCUT2D eigenvalue weighted by Crippen LogP contribution is 2.32. The normalized spacial score (nSPS) is 14.9. The predicted octanol–water partition coefficient (Wildman–Crippen LogP) is 4.31. The molecular weight excluding hydrogens is 400 g/mol. The Kier molecular flexibility index (Phi) is 5.36. The number of benzene rings is 3. The lowest BCUT2D eigenvalue weighted by Gasteiger charge is -2.25. The molecule has 8 heteroatoms. The van der Waals surface area contributed by atoms with Gasteiger partial charge >= 0.3 is 5.97 Å². The van der Waals surface area contributed by atoms with Gasteiger partial charge in [0.2, 0.25) is 0 Å². The Morgan fingerprint density at radius 1 is 1.13 bits per heavy atom. The van der Waals surface area contributed by atoms with Gasteiger partial charge in [-0.05, 0) is 35.4 Å². The molecule has 3 aromatic carbocycles. The SMILES string of the molecule is COc1cc([N+](=O)[O-])ccc1NC(=O)c1ccc2c(c1)C[C@H](c1ccccc1)OC2=O. The highest BCUT2D eigenvalue weighted by Gasteiger charge is 2.28. The van der Waals surface area contributed by atoms with Gasteiger partial charge in [0, 0.05) is 18.1 Å². The molecule has 0 radical (unpaired) electrons. The van der Waals surface area contributed by atoms with Crippen LogP contribution in [0.1, 0.15) is 37.9 Å². The number of nitrogens with one attached hydrogen (secondary N) is 1. The lowest BCUT2D eigenvalue weighted by molar-refractivity contribution is -0.384. The van der Waals surface area contributed by atoms with Gasteiger partial charge in [-0.15, -0.1) is 0 Å². The monoisotopic (exact) mass is 418 g/mol. The Balaban J connectivity index is 1.58. The molecule has 1 N–H and O–H groups in total. The summed E-state index contributed by atoms with van der Waals surface area (Å²) in [4.78, 5) is 35.6. The average Bonchev–Trinajstić information content (AvgIpc) is 2.79. The second-order valence-electron chi connectivity index (χ2n) is 6.98. The van der Waals surface area contributed by atoms with E-state index in [9.17, 15) is 19.7 Å². The van der Waals surface area contributed by atoms with E-state index >= 15 is 0 Å². The number of amides is 1. The van der Waals surface area contributed by atoms with Crippen molar-refractivity contribution in [3.8, 4) is 5.75 Å². The van der Waals surface area contributed by atoms with Crippen molar-refractivity contribution in [2.75, 3.05) is 12.4 Å². The van der Waals surface area contributed by atoms with Crippen LogP contribution in [0.5, 0.6) is 5.75 Å². The van der Waals surface area contributed by atoms with Crippen molar-refractivity contribution in [1.29, 1.82) is 0 Å². The predicted molar refractivity (Wildman–Crippen MR) is 112 cm³/mol. The number of nitro benzene ring substituents is 1. The molecule has 0 unspecified atom stereocenters. The number of fused-ring (bicyclic) bond motifs is 1. The summed E-state index contributed by atoms with van der Waals surface area (Å²) in [6.45, 7) is 0. The molecule has 1 heterocycles. The second-order valence-corrected chi connectivity index (χ2v) is 6.98. The third kappa shape index (κ3) is 4.09. The quantitative estimate of drug-likeness (QED) is 0.376. The van der Waals surface area contributed by atoms with Gasteiger partial charge in [-0.3, -0.25) is 14.9 Å². The zero-order chi connectivity index (χ0) is 22.0. The number of ether oxygens (including phenoxy) is 2. The van der Waals surface area contributed by atoms with Gasteiger partial charge in [-0.2, -0.15) is 0 Å². The Morgan fingerprint density at radius 2 is 1.90 bits per heavy atom. The van der Waals surface area contributed by atoms with Crippen LogP contribution in [-0.4, -0.2) is 23.9 Å². The number of cyclic esters (lactones) is 1. The maximum atomic E-state index is 12.8. The molecule has 1 amide bonds. The van der Waals surface area contributed by atoms with Crippen molar-refractivity contribution in [3.63, 3.8) is 0 Å². The van der Waals surface area contributed by atoms with E-state index in [0.29, 0.717) is 28.8 Å². The van der Waals surface area contributed by atoms with Gasteiger partial charge in [0.25, 0.3) is 11.6 Å². The molecule has 0 saturated carbocycles. The molecule has 0 aliphatic carbocycles.